The molecule has 0 aliphatic carbocycles. The Morgan fingerprint density at radius 2 is 1.96 bits per heavy atom. The molecule has 0 amide bonds. The maximum Gasteiger partial charge on any atom is 0.257 e. The highest BCUT2D eigenvalue weighted by atomic mass is 35.5. The molecular formula is C17H10ClN3O4S. The van der Waals surface area contributed by atoms with Crippen LogP contribution in [0.15, 0.2) is 50.6 Å². The van der Waals surface area contributed by atoms with E-state index in [0.717, 1.165) is 11.1 Å². The summed E-state index contributed by atoms with van der Waals surface area (Å²) in [5.74, 6) is 2.79. The average molecular weight is 388 g/mol. The lowest BCUT2D eigenvalue weighted by molar-refractivity contribution is 0.174. The van der Waals surface area contributed by atoms with Crippen molar-refractivity contribution in [2.45, 2.75) is 11.0 Å². The molecule has 9 heteroatoms. The quantitative estimate of drug-likeness (QED) is 0.471. The minimum absolute atomic E-state index is 0.225. The number of benzene rings is 2. The van der Waals surface area contributed by atoms with Crippen LogP contribution in [-0.4, -0.2) is 21.9 Å². The molecule has 0 fully saturated rings. The number of ether oxygens (including phenoxy) is 2. The highest BCUT2D eigenvalue weighted by molar-refractivity contribution is 7.98. The highest BCUT2D eigenvalue weighted by Crippen LogP contribution is 2.35. The smallest absolute Gasteiger partial charge is 0.257 e. The summed E-state index contributed by atoms with van der Waals surface area (Å²) in [6.07, 6.45) is 0. The fraction of sp³-hybridized carbons (Fsp3) is 0.118. The molecular weight excluding hydrogens is 378 g/mol. The second kappa shape index (κ2) is 6.22. The molecule has 3 heterocycles. The molecule has 0 bridgehead atoms. The molecule has 0 atom stereocenters. The molecule has 0 saturated carbocycles. The van der Waals surface area contributed by atoms with E-state index in [2.05, 4.69) is 15.1 Å². The molecule has 26 heavy (non-hydrogen) atoms. The van der Waals surface area contributed by atoms with E-state index in [0.29, 0.717) is 44.8 Å². The predicted molar refractivity (Wildman–Crippen MR) is 94.4 cm³/mol. The van der Waals surface area contributed by atoms with Gasteiger partial charge in [0.2, 0.25) is 18.5 Å². The van der Waals surface area contributed by atoms with Crippen LogP contribution in [0.2, 0.25) is 5.02 Å². The van der Waals surface area contributed by atoms with E-state index in [-0.39, 0.29) is 6.79 Å². The molecule has 1 aliphatic rings. The first-order valence-electron chi connectivity index (χ1n) is 7.66. The lowest BCUT2D eigenvalue weighted by atomic mass is 10.2. The fourth-order valence-corrected chi connectivity index (χ4v) is 3.37. The van der Waals surface area contributed by atoms with Crippen molar-refractivity contribution in [1.29, 1.82) is 0 Å². The van der Waals surface area contributed by atoms with E-state index in [9.17, 15) is 0 Å². The molecule has 4 aromatic rings. The Bertz CT molecular complexity index is 1110. The summed E-state index contributed by atoms with van der Waals surface area (Å²) in [7, 11) is 0. The summed E-state index contributed by atoms with van der Waals surface area (Å²) in [6, 6.07) is 10.8. The van der Waals surface area contributed by atoms with Gasteiger partial charge in [-0.25, -0.2) is 4.98 Å². The third-order valence-electron chi connectivity index (χ3n) is 3.75. The van der Waals surface area contributed by atoms with Gasteiger partial charge < -0.3 is 18.4 Å². The zero-order valence-electron chi connectivity index (χ0n) is 13.1. The van der Waals surface area contributed by atoms with Crippen LogP contribution < -0.4 is 9.47 Å². The van der Waals surface area contributed by atoms with Crippen LogP contribution in [0.5, 0.6) is 11.5 Å². The summed E-state index contributed by atoms with van der Waals surface area (Å²) in [4.78, 5) is 8.79. The Kier molecular flexibility index (Phi) is 3.72. The molecule has 0 N–H and O–H groups in total. The monoisotopic (exact) mass is 387 g/mol. The van der Waals surface area contributed by atoms with Crippen molar-refractivity contribution in [1.82, 2.24) is 15.1 Å². The third kappa shape index (κ3) is 2.87. The van der Waals surface area contributed by atoms with Gasteiger partial charge in [-0.15, -0.1) is 0 Å². The van der Waals surface area contributed by atoms with Crippen LogP contribution in [0.1, 0.15) is 5.89 Å². The molecule has 5 rings (SSSR count). The highest BCUT2D eigenvalue weighted by Gasteiger charge is 2.17. The summed E-state index contributed by atoms with van der Waals surface area (Å²) in [5, 5.41) is 5.14. The predicted octanol–water partition coefficient (Wildman–Crippen LogP) is 4.55. The zero-order chi connectivity index (χ0) is 17.5. The van der Waals surface area contributed by atoms with Crippen LogP contribution in [-0.2, 0) is 5.75 Å². The summed E-state index contributed by atoms with van der Waals surface area (Å²) in [6.45, 7) is 0.225. The fourth-order valence-electron chi connectivity index (χ4n) is 2.53. The zero-order valence-corrected chi connectivity index (χ0v) is 14.7. The SMILES string of the molecule is Clc1ccc2nc(SCc3nc(-c4ccc5c(c4)OCO5)no3)oc2c1. The second-order valence-electron chi connectivity index (χ2n) is 5.46. The van der Waals surface area contributed by atoms with Crippen LogP contribution in [0.25, 0.3) is 22.5 Å². The molecule has 2 aromatic carbocycles. The molecule has 1 aliphatic heterocycles. The van der Waals surface area contributed by atoms with Crippen molar-refractivity contribution in [2.24, 2.45) is 0 Å². The van der Waals surface area contributed by atoms with Crippen molar-refractivity contribution in [2.75, 3.05) is 6.79 Å². The lowest BCUT2D eigenvalue weighted by Gasteiger charge is -1.97. The van der Waals surface area contributed by atoms with Crippen LogP contribution >= 0.6 is 23.4 Å². The van der Waals surface area contributed by atoms with Crippen molar-refractivity contribution < 1.29 is 18.4 Å². The molecule has 130 valence electrons. The summed E-state index contributed by atoms with van der Waals surface area (Å²) < 4.78 is 21.6. The molecule has 7 nitrogen and oxygen atoms in total. The van der Waals surface area contributed by atoms with Crippen molar-refractivity contribution in [3.05, 3.63) is 47.3 Å². The maximum absolute atomic E-state index is 5.95. The van der Waals surface area contributed by atoms with Gasteiger partial charge in [0.15, 0.2) is 17.1 Å². The van der Waals surface area contributed by atoms with E-state index in [4.69, 9.17) is 30.0 Å². The minimum atomic E-state index is 0.225. The Hall–Kier alpha value is -2.71. The van der Waals surface area contributed by atoms with Gasteiger partial charge in [0.1, 0.15) is 5.52 Å². The van der Waals surface area contributed by atoms with Gasteiger partial charge in [-0.1, -0.05) is 28.5 Å². The largest absolute Gasteiger partial charge is 0.454 e. The van der Waals surface area contributed by atoms with Gasteiger partial charge in [0, 0.05) is 16.7 Å². The van der Waals surface area contributed by atoms with E-state index in [1.807, 2.05) is 24.3 Å². The van der Waals surface area contributed by atoms with Crippen molar-refractivity contribution >= 4 is 34.5 Å². The number of nitrogens with zero attached hydrogens (tertiary/aromatic N) is 3. The van der Waals surface area contributed by atoms with Gasteiger partial charge in [-0.2, -0.15) is 4.98 Å². The van der Waals surface area contributed by atoms with Gasteiger partial charge >= 0.3 is 0 Å². The summed E-state index contributed by atoms with van der Waals surface area (Å²) in [5.41, 5.74) is 2.20. The topological polar surface area (TPSA) is 83.4 Å². The lowest BCUT2D eigenvalue weighted by Crippen LogP contribution is -1.92. The molecule has 0 saturated heterocycles. The number of hydrogen-bond donors (Lipinski definition) is 0. The van der Waals surface area contributed by atoms with Gasteiger partial charge in [-0.3, -0.25) is 0 Å². The van der Waals surface area contributed by atoms with Crippen LogP contribution in [0, 0.1) is 0 Å². The first kappa shape index (κ1) is 15.5. The third-order valence-corrected chi connectivity index (χ3v) is 4.80. The van der Waals surface area contributed by atoms with Crippen LogP contribution in [0.4, 0.5) is 0 Å². The Morgan fingerprint density at radius 3 is 2.92 bits per heavy atom. The number of rotatable bonds is 4. The Labute approximate surface area is 156 Å². The number of thioether (sulfide) groups is 1. The Morgan fingerprint density at radius 1 is 1.04 bits per heavy atom. The molecule has 2 aromatic heterocycles. The number of halogens is 1. The number of aromatic nitrogens is 3. The van der Waals surface area contributed by atoms with Gasteiger partial charge in [0.25, 0.3) is 5.22 Å². The minimum Gasteiger partial charge on any atom is -0.454 e. The Balaban J connectivity index is 1.32. The molecule has 0 radical (unpaired) electrons. The molecule has 0 spiro atoms. The maximum atomic E-state index is 5.95. The van der Waals surface area contributed by atoms with E-state index >= 15 is 0 Å². The van der Waals surface area contributed by atoms with Crippen molar-refractivity contribution in [3.8, 4) is 22.9 Å². The molecule has 0 unspecified atom stereocenters. The number of hydrogen-bond acceptors (Lipinski definition) is 8. The van der Waals surface area contributed by atoms with E-state index in [1.54, 1.807) is 12.1 Å². The van der Waals surface area contributed by atoms with E-state index < -0.39 is 0 Å². The van der Waals surface area contributed by atoms with Crippen molar-refractivity contribution in [3.63, 3.8) is 0 Å². The average Bonchev–Trinajstić information content (AvgIpc) is 3.37. The van der Waals surface area contributed by atoms with Gasteiger partial charge in [-0.05, 0) is 30.3 Å². The van der Waals surface area contributed by atoms with Gasteiger partial charge in [0.05, 0.1) is 5.75 Å². The second-order valence-corrected chi connectivity index (χ2v) is 6.82. The van der Waals surface area contributed by atoms with E-state index in [1.165, 1.54) is 11.8 Å². The number of fused-ring (bicyclic) bond motifs is 2. The first-order valence-corrected chi connectivity index (χ1v) is 9.02. The summed E-state index contributed by atoms with van der Waals surface area (Å²) >= 11 is 7.32. The normalized spacial score (nSPS) is 12.8. The number of oxazole rings is 1. The standard InChI is InChI=1S/C17H10ClN3O4S/c18-10-2-3-11-13(6-10)24-17(19-11)26-7-15-20-16(21-25-15)9-1-4-12-14(5-9)23-8-22-12/h1-6H,7-8H2. The first-order chi connectivity index (χ1) is 12.7. The van der Waals surface area contributed by atoms with Crippen LogP contribution in [0.3, 0.4) is 0 Å².